The fourth-order valence-electron chi connectivity index (χ4n) is 2.53. The highest BCUT2D eigenvalue weighted by atomic mass is 16.3. The molecule has 0 radical (unpaired) electrons. The van der Waals surface area contributed by atoms with Gasteiger partial charge >= 0.3 is 0 Å². The van der Waals surface area contributed by atoms with Gasteiger partial charge in [0.25, 0.3) is 0 Å². The number of hydrogen-bond acceptors (Lipinski definition) is 2. The van der Waals surface area contributed by atoms with E-state index in [9.17, 15) is 10.2 Å². The van der Waals surface area contributed by atoms with Crippen LogP contribution in [0.15, 0.2) is 0 Å². The van der Waals surface area contributed by atoms with Crippen molar-refractivity contribution in [2.75, 3.05) is 0 Å². The molecule has 2 nitrogen and oxygen atoms in total. The molecule has 0 aliphatic heterocycles. The maximum Gasteiger partial charge on any atom is 0.0933 e. The summed E-state index contributed by atoms with van der Waals surface area (Å²) in [5, 5.41) is 19.3. The van der Waals surface area contributed by atoms with Crippen LogP contribution in [0.5, 0.6) is 0 Å². The molecule has 0 heterocycles. The number of fused-ring (bicyclic) bond motifs is 1. The number of aliphatic hydroxyl groups is 2. The summed E-state index contributed by atoms with van der Waals surface area (Å²) < 4.78 is 0. The van der Waals surface area contributed by atoms with Gasteiger partial charge in [0.2, 0.25) is 0 Å². The van der Waals surface area contributed by atoms with Crippen molar-refractivity contribution >= 4 is 0 Å². The normalized spacial score (nSPS) is 53.4. The van der Waals surface area contributed by atoms with Crippen LogP contribution in [0.4, 0.5) is 0 Å². The highest BCUT2D eigenvalue weighted by Gasteiger charge is 2.50. The van der Waals surface area contributed by atoms with Crippen molar-refractivity contribution in [2.45, 2.75) is 43.8 Å². The molecule has 2 fully saturated rings. The summed E-state index contributed by atoms with van der Waals surface area (Å²) in [6.45, 7) is 0. The second-order valence-electron chi connectivity index (χ2n) is 3.67. The molecule has 0 amide bonds. The van der Waals surface area contributed by atoms with Gasteiger partial charge in [-0.25, -0.2) is 0 Å². The van der Waals surface area contributed by atoms with Gasteiger partial charge in [0.1, 0.15) is 0 Å². The van der Waals surface area contributed by atoms with Crippen LogP contribution in [-0.2, 0) is 0 Å². The Morgan fingerprint density at radius 3 is 2.70 bits per heavy atom. The summed E-state index contributed by atoms with van der Waals surface area (Å²) in [6.07, 6.45) is 4.43. The fourth-order valence-corrected chi connectivity index (χ4v) is 2.53. The van der Waals surface area contributed by atoms with Crippen LogP contribution in [0.2, 0.25) is 0 Å². The van der Waals surface area contributed by atoms with E-state index in [-0.39, 0.29) is 0 Å². The summed E-state index contributed by atoms with van der Waals surface area (Å²) in [4.78, 5) is 0. The van der Waals surface area contributed by atoms with Crippen LogP contribution in [0, 0.1) is 5.92 Å². The van der Waals surface area contributed by atoms with Crippen molar-refractivity contribution in [3.05, 3.63) is 0 Å². The van der Waals surface area contributed by atoms with Gasteiger partial charge in [0, 0.05) is 0 Å². The molecule has 2 rings (SSSR count). The van der Waals surface area contributed by atoms with E-state index in [4.69, 9.17) is 0 Å². The zero-order chi connectivity index (χ0) is 7.19. The third kappa shape index (κ3) is 0.663. The minimum absolute atomic E-state index is 0.405. The van der Waals surface area contributed by atoms with Crippen molar-refractivity contribution < 1.29 is 10.2 Å². The molecule has 0 spiro atoms. The van der Waals surface area contributed by atoms with E-state index in [1.807, 2.05) is 0 Å². The van der Waals surface area contributed by atoms with Crippen molar-refractivity contribution in [2.24, 2.45) is 5.92 Å². The van der Waals surface area contributed by atoms with Gasteiger partial charge in [0.15, 0.2) is 0 Å². The molecule has 3 unspecified atom stereocenters. The Labute approximate surface area is 60.9 Å². The summed E-state index contributed by atoms with van der Waals surface area (Å²) in [5.41, 5.74) is -0.681. The van der Waals surface area contributed by atoms with E-state index in [2.05, 4.69) is 0 Å². The highest BCUT2D eigenvalue weighted by molar-refractivity contribution is 5.02. The lowest BCUT2D eigenvalue weighted by molar-refractivity contribution is -0.0670. The summed E-state index contributed by atoms with van der Waals surface area (Å²) in [7, 11) is 0. The monoisotopic (exact) mass is 142 g/mol. The first kappa shape index (κ1) is 6.62. The van der Waals surface area contributed by atoms with Gasteiger partial charge in [-0.2, -0.15) is 0 Å². The molecular weight excluding hydrogens is 128 g/mol. The van der Waals surface area contributed by atoms with Gasteiger partial charge in [-0.3, -0.25) is 0 Å². The molecule has 2 N–H and O–H groups in total. The van der Waals surface area contributed by atoms with E-state index in [0.717, 1.165) is 32.1 Å². The first-order valence-corrected chi connectivity index (χ1v) is 4.14. The lowest BCUT2D eigenvalue weighted by Gasteiger charge is -2.25. The Morgan fingerprint density at radius 2 is 2.00 bits per heavy atom. The third-order valence-corrected chi connectivity index (χ3v) is 3.20. The van der Waals surface area contributed by atoms with Gasteiger partial charge in [0.05, 0.1) is 11.7 Å². The lowest BCUT2D eigenvalue weighted by atomic mass is 9.93. The standard InChI is InChI=1S/C8H14O2/c9-7-4-3-6-2-1-5-8(6,7)10/h6-7,9-10H,1-5H2. The minimum atomic E-state index is -0.681. The Morgan fingerprint density at radius 1 is 1.20 bits per heavy atom. The van der Waals surface area contributed by atoms with Crippen molar-refractivity contribution in [1.29, 1.82) is 0 Å². The van der Waals surface area contributed by atoms with Crippen LogP contribution in [0.25, 0.3) is 0 Å². The number of hydrogen-bond donors (Lipinski definition) is 2. The van der Waals surface area contributed by atoms with E-state index in [1.54, 1.807) is 0 Å². The van der Waals surface area contributed by atoms with E-state index in [0.29, 0.717) is 5.92 Å². The molecule has 0 aromatic carbocycles. The molecule has 2 aliphatic rings. The van der Waals surface area contributed by atoms with Gasteiger partial charge in [-0.1, -0.05) is 6.42 Å². The van der Waals surface area contributed by atoms with Crippen LogP contribution in [-0.4, -0.2) is 21.9 Å². The molecule has 10 heavy (non-hydrogen) atoms. The molecule has 0 bridgehead atoms. The minimum Gasteiger partial charge on any atom is -0.390 e. The number of rotatable bonds is 0. The second kappa shape index (κ2) is 1.95. The summed E-state index contributed by atoms with van der Waals surface area (Å²) in [5.74, 6) is 0.405. The van der Waals surface area contributed by atoms with E-state index in [1.165, 1.54) is 0 Å². The molecular formula is C8H14O2. The average molecular weight is 142 g/mol. The Bertz CT molecular complexity index is 146. The van der Waals surface area contributed by atoms with Crippen molar-refractivity contribution in [3.63, 3.8) is 0 Å². The molecule has 2 saturated carbocycles. The van der Waals surface area contributed by atoms with Crippen LogP contribution < -0.4 is 0 Å². The topological polar surface area (TPSA) is 40.5 Å². The molecule has 58 valence electrons. The van der Waals surface area contributed by atoms with Crippen LogP contribution in [0.3, 0.4) is 0 Å². The van der Waals surface area contributed by atoms with Gasteiger partial charge in [-0.05, 0) is 31.6 Å². The maximum absolute atomic E-state index is 9.85. The molecule has 2 aliphatic carbocycles. The molecule has 0 saturated heterocycles. The van der Waals surface area contributed by atoms with E-state index >= 15 is 0 Å². The van der Waals surface area contributed by atoms with Gasteiger partial charge < -0.3 is 10.2 Å². The third-order valence-electron chi connectivity index (χ3n) is 3.20. The first-order chi connectivity index (χ1) is 4.73. The largest absolute Gasteiger partial charge is 0.390 e. The Balaban J connectivity index is 2.21. The lowest BCUT2D eigenvalue weighted by Crippen LogP contribution is -2.39. The molecule has 0 aromatic rings. The predicted octanol–water partition coefficient (Wildman–Crippen LogP) is 0.672. The number of aliphatic hydroxyl groups excluding tert-OH is 1. The second-order valence-corrected chi connectivity index (χ2v) is 3.67. The fraction of sp³-hybridized carbons (Fsp3) is 1.00. The zero-order valence-corrected chi connectivity index (χ0v) is 6.08. The smallest absolute Gasteiger partial charge is 0.0933 e. The quantitative estimate of drug-likeness (QED) is 0.522. The van der Waals surface area contributed by atoms with Gasteiger partial charge in [-0.15, -0.1) is 0 Å². The average Bonchev–Trinajstić information content (AvgIpc) is 2.36. The predicted molar refractivity (Wildman–Crippen MR) is 37.5 cm³/mol. The molecule has 3 atom stereocenters. The molecule has 2 heteroatoms. The summed E-state index contributed by atoms with van der Waals surface area (Å²) >= 11 is 0. The van der Waals surface area contributed by atoms with Crippen molar-refractivity contribution in [1.82, 2.24) is 0 Å². The summed E-state index contributed by atoms with van der Waals surface area (Å²) in [6, 6.07) is 0. The highest BCUT2D eigenvalue weighted by Crippen LogP contribution is 2.47. The SMILES string of the molecule is OC1CCC2CCCC12O. The Hall–Kier alpha value is -0.0800. The van der Waals surface area contributed by atoms with Crippen molar-refractivity contribution in [3.8, 4) is 0 Å². The Kier molecular flexibility index (Phi) is 1.29. The first-order valence-electron chi connectivity index (χ1n) is 4.14. The maximum atomic E-state index is 9.85. The molecule has 0 aromatic heterocycles. The zero-order valence-electron chi connectivity index (χ0n) is 6.08. The van der Waals surface area contributed by atoms with E-state index < -0.39 is 11.7 Å². The van der Waals surface area contributed by atoms with Crippen LogP contribution >= 0.6 is 0 Å². The van der Waals surface area contributed by atoms with Crippen LogP contribution in [0.1, 0.15) is 32.1 Å².